The lowest BCUT2D eigenvalue weighted by Crippen LogP contribution is -2.38. The highest BCUT2D eigenvalue weighted by Gasteiger charge is 2.71. The zero-order valence-corrected chi connectivity index (χ0v) is 18.3. The summed E-state index contributed by atoms with van der Waals surface area (Å²) >= 11 is 0. The van der Waals surface area contributed by atoms with Crippen molar-refractivity contribution in [3.05, 3.63) is 24.3 Å². The largest absolute Gasteiger partial charge is 0.359 e. The number of nitrogens with zero attached hydrogens (tertiary/aromatic N) is 1. The number of methoxy groups -OCH3 is 1. The molecule has 2 bridgehead atoms. The summed E-state index contributed by atoms with van der Waals surface area (Å²) in [6.07, 6.45) is 9.88. The third kappa shape index (κ3) is 3.03. The molecule has 0 aromatic carbocycles. The average Bonchev–Trinajstić information content (AvgIpc) is 3.55. The number of fused-ring (bicyclic) bond motifs is 6. The minimum absolute atomic E-state index is 0.296. The molecule has 1 unspecified atom stereocenters. The minimum atomic E-state index is -0.541. The van der Waals surface area contributed by atoms with E-state index in [1.54, 1.807) is 7.11 Å². The Labute approximate surface area is 180 Å². The maximum Gasteiger partial charge on any atom is 0.173 e. The lowest BCUT2D eigenvalue weighted by atomic mass is 9.64. The molecule has 5 aliphatic rings. The second-order valence-electron chi connectivity index (χ2n) is 10.4. The normalized spacial score (nSPS) is 45.3. The van der Waals surface area contributed by atoms with Crippen LogP contribution < -0.4 is 0 Å². The van der Waals surface area contributed by atoms with Crippen LogP contribution in [-0.2, 0) is 18.9 Å². The van der Waals surface area contributed by atoms with Crippen LogP contribution >= 0.6 is 0 Å². The molecule has 164 valence electrons. The van der Waals surface area contributed by atoms with Gasteiger partial charge in [-0.1, -0.05) is 25.7 Å². The summed E-state index contributed by atoms with van der Waals surface area (Å²) in [4.78, 5) is 0. The fourth-order valence-corrected chi connectivity index (χ4v) is 7.88. The van der Waals surface area contributed by atoms with Crippen LogP contribution in [0.15, 0.2) is 24.3 Å². The molecule has 0 N–H and O–H groups in total. The van der Waals surface area contributed by atoms with E-state index in [9.17, 15) is 5.26 Å². The average molecular weight is 414 g/mol. The van der Waals surface area contributed by atoms with Crippen molar-refractivity contribution in [3.63, 3.8) is 0 Å². The van der Waals surface area contributed by atoms with E-state index in [2.05, 4.69) is 31.7 Å². The van der Waals surface area contributed by atoms with Gasteiger partial charge in [-0.15, -0.1) is 0 Å². The Hall–Kier alpha value is -1.19. The van der Waals surface area contributed by atoms with Crippen molar-refractivity contribution >= 4 is 0 Å². The summed E-state index contributed by atoms with van der Waals surface area (Å²) in [6, 6.07) is 2.87. The molecule has 0 radical (unpaired) electrons. The maximum absolute atomic E-state index is 10.6. The summed E-state index contributed by atoms with van der Waals surface area (Å²) in [5, 5.41) is 10.6. The molecule has 8 atom stereocenters. The molecule has 0 aromatic rings. The number of hydrogen-bond acceptors (Lipinski definition) is 5. The smallest absolute Gasteiger partial charge is 0.173 e. The first-order valence-electron chi connectivity index (χ1n) is 11.7. The molecule has 0 amide bonds. The highest BCUT2D eigenvalue weighted by molar-refractivity contribution is 5.28. The standard InChI is InChI=1S/C25H35NO4/c1-16-4-7-20(17(2)12-28-15-27-3)21(16)11-24(14-26)13-25(29-8-9-30-25)23-19-6-5-18(10-19)22(23)24/h5-6,16,18-23H,2,4,7-13,15H2,1,3H3/t16-,18+,19-,20?,21-,22+,23-,24+/m1/s1. The monoisotopic (exact) mass is 413 g/mol. The molecule has 1 heterocycles. The number of rotatable bonds is 7. The Morgan fingerprint density at radius 1 is 1.20 bits per heavy atom. The van der Waals surface area contributed by atoms with Crippen molar-refractivity contribution in [1.82, 2.24) is 0 Å². The quantitative estimate of drug-likeness (QED) is 0.354. The Kier molecular flexibility index (Phi) is 5.34. The number of ether oxygens (including phenoxy) is 4. The lowest BCUT2D eigenvalue weighted by Gasteiger charge is -2.37. The van der Waals surface area contributed by atoms with E-state index in [1.807, 2.05) is 0 Å². The molecule has 4 fully saturated rings. The highest BCUT2D eigenvalue weighted by Crippen LogP contribution is 2.70. The molecule has 5 nitrogen and oxygen atoms in total. The van der Waals surface area contributed by atoms with E-state index in [4.69, 9.17) is 18.9 Å². The van der Waals surface area contributed by atoms with Crippen LogP contribution in [0, 0.1) is 58.2 Å². The topological polar surface area (TPSA) is 60.7 Å². The molecule has 5 heteroatoms. The third-order valence-electron chi connectivity index (χ3n) is 8.96. The van der Waals surface area contributed by atoms with Gasteiger partial charge in [0.2, 0.25) is 0 Å². The Balaban J connectivity index is 1.41. The minimum Gasteiger partial charge on any atom is -0.359 e. The molecule has 30 heavy (non-hydrogen) atoms. The Morgan fingerprint density at radius 3 is 2.63 bits per heavy atom. The maximum atomic E-state index is 10.6. The van der Waals surface area contributed by atoms with Crippen LogP contribution in [0.2, 0.25) is 0 Å². The van der Waals surface area contributed by atoms with E-state index in [1.165, 1.54) is 6.42 Å². The molecule has 4 aliphatic carbocycles. The van der Waals surface area contributed by atoms with Crippen molar-refractivity contribution in [2.45, 2.75) is 44.8 Å². The van der Waals surface area contributed by atoms with E-state index >= 15 is 0 Å². The van der Waals surface area contributed by atoms with Crippen LogP contribution in [0.3, 0.4) is 0 Å². The Bertz CT molecular complexity index is 751. The summed E-state index contributed by atoms with van der Waals surface area (Å²) < 4.78 is 23.2. The summed E-state index contributed by atoms with van der Waals surface area (Å²) in [5.41, 5.74) is 0.772. The lowest BCUT2D eigenvalue weighted by molar-refractivity contribution is -0.191. The molecule has 1 spiro atoms. The molecule has 1 aliphatic heterocycles. The first-order chi connectivity index (χ1) is 14.5. The third-order valence-corrected chi connectivity index (χ3v) is 8.96. The van der Waals surface area contributed by atoms with Crippen molar-refractivity contribution in [2.24, 2.45) is 46.8 Å². The van der Waals surface area contributed by atoms with Gasteiger partial charge < -0.3 is 18.9 Å². The van der Waals surface area contributed by atoms with E-state index < -0.39 is 5.79 Å². The van der Waals surface area contributed by atoms with Gasteiger partial charge in [0.25, 0.3) is 0 Å². The molecular weight excluding hydrogens is 378 g/mol. The molecule has 1 saturated heterocycles. The summed E-state index contributed by atoms with van der Waals surface area (Å²) in [5.74, 6) is 2.60. The molecule has 5 rings (SSSR count). The van der Waals surface area contributed by atoms with Crippen LogP contribution in [0.5, 0.6) is 0 Å². The van der Waals surface area contributed by atoms with Gasteiger partial charge in [-0.3, -0.25) is 0 Å². The van der Waals surface area contributed by atoms with Crippen molar-refractivity contribution < 1.29 is 18.9 Å². The number of allylic oxidation sites excluding steroid dienone is 2. The molecule has 0 aromatic heterocycles. The van der Waals surface area contributed by atoms with Gasteiger partial charge >= 0.3 is 0 Å². The van der Waals surface area contributed by atoms with Gasteiger partial charge in [-0.25, -0.2) is 0 Å². The van der Waals surface area contributed by atoms with Crippen molar-refractivity contribution in [1.29, 1.82) is 5.26 Å². The van der Waals surface area contributed by atoms with E-state index in [-0.39, 0.29) is 5.41 Å². The van der Waals surface area contributed by atoms with Gasteiger partial charge in [0, 0.05) is 19.4 Å². The number of hydrogen-bond donors (Lipinski definition) is 0. The predicted molar refractivity (Wildman–Crippen MR) is 112 cm³/mol. The summed E-state index contributed by atoms with van der Waals surface area (Å²) in [6.45, 7) is 8.86. The van der Waals surface area contributed by atoms with Crippen LogP contribution in [0.4, 0.5) is 0 Å². The first-order valence-corrected chi connectivity index (χ1v) is 11.7. The van der Waals surface area contributed by atoms with Crippen LogP contribution in [0.1, 0.15) is 39.0 Å². The van der Waals surface area contributed by atoms with E-state index in [0.717, 1.165) is 31.3 Å². The van der Waals surface area contributed by atoms with Crippen molar-refractivity contribution in [3.8, 4) is 6.07 Å². The van der Waals surface area contributed by atoms with E-state index in [0.29, 0.717) is 68.0 Å². The second-order valence-corrected chi connectivity index (χ2v) is 10.4. The van der Waals surface area contributed by atoms with Gasteiger partial charge in [0.15, 0.2) is 5.79 Å². The van der Waals surface area contributed by atoms with Crippen LogP contribution in [0.25, 0.3) is 0 Å². The fraction of sp³-hybridized carbons (Fsp3) is 0.800. The van der Waals surface area contributed by atoms with Crippen molar-refractivity contribution in [2.75, 3.05) is 33.7 Å². The van der Waals surface area contributed by atoms with Gasteiger partial charge in [-0.2, -0.15) is 5.26 Å². The number of nitriles is 1. The molecular formula is C25H35NO4. The zero-order valence-electron chi connectivity index (χ0n) is 18.3. The van der Waals surface area contributed by atoms with Gasteiger partial charge in [-0.05, 0) is 66.8 Å². The van der Waals surface area contributed by atoms with Gasteiger partial charge in [0.1, 0.15) is 6.79 Å². The summed E-state index contributed by atoms with van der Waals surface area (Å²) in [7, 11) is 1.64. The fourth-order valence-electron chi connectivity index (χ4n) is 7.88. The second kappa shape index (κ2) is 7.74. The highest BCUT2D eigenvalue weighted by atomic mass is 16.7. The SMILES string of the molecule is C=C(COCOC)C1CC[C@@H](C)[C@H]1C[C@@]1(C#N)CC2(OCCO2)[C@H]2[C@@H]1[C@H]1C=C[C@@H]2C1. The van der Waals surface area contributed by atoms with Gasteiger partial charge in [0.05, 0.1) is 31.3 Å². The predicted octanol–water partition coefficient (Wildman–Crippen LogP) is 4.31. The first kappa shape index (κ1) is 20.7. The zero-order chi connectivity index (χ0) is 20.9. The Morgan fingerprint density at radius 2 is 1.93 bits per heavy atom. The molecule has 3 saturated carbocycles. The van der Waals surface area contributed by atoms with Crippen LogP contribution in [-0.4, -0.2) is 39.5 Å².